The van der Waals surface area contributed by atoms with Gasteiger partial charge < -0.3 is 10.5 Å². The predicted octanol–water partition coefficient (Wildman–Crippen LogP) is 2.91. The molecule has 0 saturated heterocycles. The molecule has 0 aliphatic carbocycles. The zero-order chi connectivity index (χ0) is 16.4. The highest BCUT2D eigenvalue weighted by atomic mass is 16.5. The molecule has 0 fully saturated rings. The molecule has 1 aliphatic heterocycles. The fourth-order valence-corrected chi connectivity index (χ4v) is 3.14. The van der Waals surface area contributed by atoms with E-state index < -0.39 is 0 Å². The molecule has 120 valence electrons. The van der Waals surface area contributed by atoms with Crippen LogP contribution >= 0.6 is 0 Å². The summed E-state index contributed by atoms with van der Waals surface area (Å²) in [4.78, 5) is 15.0. The Hall–Kier alpha value is -2.33. The van der Waals surface area contributed by atoms with Gasteiger partial charge in [-0.1, -0.05) is 24.3 Å². The molecule has 3 rings (SSSR count). The third-order valence-electron chi connectivity index (χ3n) is 4.60. The van der Waals surface area contributed by atoms with Crippen LogP contribution < -0.4 is 10.5 Å². The number of carbonyl (C=O) groups excluding carboxylic acids is 1. The number of carbonyl (C=O) groups is 1. The second-order valence-electron chi connectivity index (χ2n) is 5.99. The van der Waals surface area contributed by atoms with Crippen LogP contribution in [0.4, 0.5) is 5.69 Å². The van der Waals surface area contributed by atoms with Gasteiger partial charge in [0, 0.05) is 18.7 Å². The van der Waals surface area contributed by atoms with E-state index >= 15 is 0 Å². The van der Waals surface area contributed by atoms with Crippen LogP contribution in [0.5, 0.6) is 5.75 Å². The highest BCUT2D eigenvalue weighted by Gasteiger charge is 2.26. The smallest absolute Gasteiger partial charge is 0.179 e. The molecule has 0 aromatic heterocycles. The van der Waals surface area contributed by atoms with Gasteiger partial charge in [0.2, 0.25) is 0 Å². The molecular weight excluding hydrogens is 288 g/mol. The largest absolute Gasteiger partial charge is 0.495 e. The lowest BCUT2D eigenvalue weighted by molar-refractivity contribution is 0.0819. The SMILES string of the molecule is COc1ccc(C(=O)C(C)N2CCc3ccccc3C2)cc1N. The number of benzene rings is 2. The molecule has 0 bridgehead atoms. The van der Waals surface area contributed by atoms with Gasteiger partial charge in [-0.2, -0.15) is 0 Å². The van der Waals surface area contributed by atoms with Crippen molar-refractivity contribution in [1.82, 2.24) is 4.90 Å². The molecule has 1 unspecified atom stereocenters. The number of anilines is 1. The molecule has 4 heteroatoms. The second-order valence-corrected chi connectivity index (χ2v) is 5.99. The third-order valence-corrected chi connectivity index (χ3v) is 4.60. The summed E-state index contributed by atoms with van der Waals surface area (Å²) in [6.45, 7) is 3.68. The number of hydrogen-bond acceptors (Lipinski definition) is 4. The average molecular weight is 310 g/mol. The Morgan fingerprint density at radius 3 is 2.65 bits per heavy atom. The first-order chi connectivity index (χ1) is 11.1. The first kappa shape index (κ1) is 15.6. The highest BCUT2D eigenvalue weighted by Crippen LogP contribution is 2.25. The van der Waals surface area contributed by atoms with Gasteiger partial charge >= 0.3 is 0 Å². The van der Waals surface area contributed by atoms with Crippen molar-refractivity contribution in [3.63, 3.8) is 0 Å². The molecule has 1 heterocycles. The molecule has 23 heavy (non-hydrogen) atoms. The summed E-state index contributed by atoms with van der Waals surface area (Å²) < 4.78 is 5.15. The van der Waals surface area contributed by atoms with E-state index in [1.807, 2.05) is 6.92 Å². The van der Waals surface area contributed by atoms with E-state index in [0.29, 0.717) is 17.0 Å². The van der Waals surface area contributed by atoms with E-state index in [-0.39, 0.29) is 11.8 Å². The molecule has 2 aromatic rings. The van der Waals surface area contributed by atoms with Gasteiger partial charge in [-0.25, -0.2) is 0 Å². The minimum atomic E-state index is -0.170. The summed E-state index contributed by atoms with van der Waals surface area (Å²) in [6, 6.07) is 13.5. The molecule has 0 amide bonds. The fourth-order valence-electron chi connectivity index (χ4n) is 3.14. The number of ether oxygens (including phenoxy) is 1. The monoisotopic (exact) mass is 310 g/mol. The Balaban J connectivity index is 1.77. The molecular formula is C19H22N2O2. The van der Waals surface area contributed by atoms with Crippen molar-refractivity contribution in [2.45, 2.75) is 25.9 Å². The van der Waals surface area contributed by atoms with Gasteiger partial charge in [0.15, 0.2) is 5.78 Å². The third kappa shape index (κ3) is 3.08. The Labute approximate surface area is 136 Å². The maximum Gasteiger partial charge on any atom is 0.179 e. The van der Waals surface area contributed by atoms with Crippen molar-refractivity contribution in [3.8, 4) is 5.75 Å². The van der Waals surface area contributed by atoms with Crippen molar-refractivity contribution >= 4 is 11.5 Å². The summed E-state index contributed by atoms with van der Waals surface area (Å²) in [5, 5.41) is 0. The number of Topliss-reactive ketones (excluding diaryl/α,β-unsaturated/α-hetero) is 1. The number of methoxy groups -OCH3 is 1. The lowest BCUT2D eigenvalue weighted by Crippen LogP contribution is -2.42. The van der Waals surface area contributed by atoms with Gasteiger partial charge in [0.1, 0.15) is 5.75 Å². The minimum Gasteiger partial charge on any atom is -0.495 e. The van der Waals surface area contributed by atoms with Crippen LogP contribution in [0.2, 0.25) is 0 Å². The summed E-state index contributed by atoms with van der Waals surface area (Å²) >= 11 is 0. The zero-order valence-electron chi connectivity index (χ0n) is 13.6. The van der Waals surface area contributed by atoms with Crippen LogP contribution in [-0.4, -0.2) is 30.4 Å². The lowest BCUT2D eigenvalue weighted by atomic mass is 9.96. The second kappa shape index (κ2) is 6.42. The number of nitrogen functional groups attached to an aromatic ring is 1. The van der Waals surface area contributed by atoms with E-state index in [2.05, 4.69) is 29.2 Å². The van der Waals surface area contributed by atoms with Gasteiger partial charge in [-0.3, -0.25) is 9.69 Å². The fraction of sp³-hybridized carbons (Fsp3) is 0.316. The van der Waals surface area contributed by atoms with Crippen LogP contribution in [0.25, 0.3) is 0 Å². The Morgan fingerprint density at radius 1 is 1.22 bits per heavy atom. The van der Waals surface area contributed by atoms with Crippen LogP contribution in [0.15, 0.2) is 42.5 Å². The van der Waals surface area contributed by atoms with E-state index in [4.69, 9.17) is 10.5 Å². The van der Waals surface area contributed by atoms with E-state index in [1.54, 1.807) is 25.3 Å². The molecule has 2 aromatic carbocycles. The molecule has 0 spiro atoms. The molecule has 0 radical (unpaired) electrons. The van der Waals surface area contributed by atoms with Crippen molar-refractivity contribution in [2.24, 2.45) is 0 Å². The van der Waals surface area contributed by atoms with Gasteiger partial charge in [0.25, 0.3) is 0 Å². The van der Waals surface area contributed by atoms with E-state index in [9.17, 15) is 4.79 Å². The quantitative estimate of drug-likeness (QED) is 0.697. The van der Waals surface area contributed by atoms with Crippen molar-refractivity contribution < 1.29 is 9.53 Å². The highest BCUT2D eigenvalue weighted by molar-refractivity contribution is 6.00. The Bertz CT molecular complexity index is 727. The number of nitrogens with two attached hydrogens (primary N) is 1. The van der Waals surface area contributed by atoms with Crippen LogP contribution in [-0.2, 0) is 13.0 Å². The maximum atomic E-state index is 12.8. The average Bonchev–Trinajstić information content (AvgIpc) is 2.60. The first-order valence-electron chi connectivity index (χ1n) is 7.88. The lowest BCUT2D eigenvalue weighted by Gasteiger charge is -2.33. The molecule has 1 atom stereocenters. The topological polar surface area (TPSA) is 55.6 Å². The van der Waals surface area contributed by atoms with Gasteiger partial charge in [0.05, 0.1) is 18.8 Å². The molecule has 4 nitrogen and oxygen atoms in total. The summed E-state index contributed by atoms with van der Waals surface area (Å²) in [5.41, 5.74) is 9.75. The number of nitrogens with zero attached hydrogens (tertiary/aromatic N) is 1. The van der Waals surface area contributed by atoms with E-state index in [1.165, 1.54) is 11.1 Å². The van der Waals surface area contributed by atoms with Crippen molar-refractivity contribution in [1.29, 1.82) is 0 Å². The zero-order valence-corrected chi connectivity index (χ0v) is 13.6. The summed E-state index contributed by atoms with van der Waals surface area (Å²) in [5.74, 6) is 0.694. The number of fused-ring (bicyclic) bond motifs is 1. The van der Waals surface area contributed by atoms with Gasteiger partial charge in [-0.05, 0) is 42.7 Å². The van der Waals surface area contributed by atoms with E-state index in [0.717, 1.165) is 19.5 Å². The predicted molar refractivity (Wildman–Crippen MR) is 91.8 cm³/mol. The normalized spacial score (nSPS) is 15.7. The van der Waals surface area contributed by atoms with Gasteiger partial charge in [-0.15, -0.1) is 0 Å². The number of ketones is 1. The number of rotatable bonds is 4. The van der Waals surface area contributed by atoms with Crippen molar-refractivity contribution in [2.75, 3.05) is 19.4 Å². The van der Waals surface area contributed by atoms with Crippen LogP contribution in [0.3, 0.4) is 0 Å². The summed E-state index contributed by atoms with van der Waals surface area (Å²) in [7, 11) is 1.57. The first-order valence-corrected chi connectivity index (χ1v) is 7.88. The van der Waals surface area contributed by atoms with Crippen LogP contribution in [0, 0.1) is 0 Å². The molecule has 1 aliphatic rings. The Morgan fingerprint density at radius 2 is 1.96 bits per heavy atom. The Kier molecular flexibility index (Phi) is 4.35. The number of hydrogen-bond donors (Lipinski definition) is 1. The molecule has 2 N–H and O–H groups in total. The van der Waals surface area contributed by atoms with Crippen molar-refractivity contribution in [3.05, 3.63) is 59.2 Å². The minimum absolute atomic E-state index is 0.0961. The van der Waals surface area contributed by atoms with Crippen LogP contribution in [0.1, 0.15) is 28.4 Å². The standard InChI is InChI=1S/C19H22N2O2/c1-13(19(22)15-7-8-18(23-2)17(20)11-15)21-10-9-14-5-3-4-6-16(14)12-21/h3-8,11,13H,9-10,12,20H2,1-2H3. The summed E-state index contributed by atoms with van der Waals surface area (Å²) in [6.07, 6.45) is 0.985. The maximum absolute atomic E-state index is 12.8. The molecule has 0 saturated carbocycles.